The van der Waals surface area contributed by atoms with Crippen LogP contribution in [0.2, 0.25) is 0 Å². The van der Waals surface area contributed by atoms with Crippen molar-refractivity contribution in [3.05, 3.63) is 23.8 Å². The molecule has 0 spiro atoms. The Morgan fingerprint density at radius 1 is 1.40 bits per heavy atom. The van der Waals surface area contributed by atoms with Crippen molar-refractivity contribution < 1.29 is 9.84 Å². The number of hydrogen-bond donors (Lipinski definition) is 1. The van der Waals surface area contributed by atoms with Gasteiger partial charge in [-0.25, -0.2) is 15.0 Å². The van der Waals surface area contributed by atoms with Crippen molar-refractivity contribution in [3.63, 3.8) is 0 Å². The van der Waals surface area contributed by atoms with Gasteiger partial charge in [0, 0.05) is 17.1 Å². The fourth-order valence-corrected chi connectivity index (χ4v) is 1.41. The highest BCUT2D eigenvalue weighted by Gasteiger charge is 2.05. The summed E-state index contributed by atoms with van der Waals surface area (Å²) >= 11 is 0. The molecule has 1 N–H and O–H groups in total. The molecule has 0 atom stereocenters. The normalized spacial score (nSPS) is 10.6. The molecule has 2 aromatic heterocycles. The first kappa shape index (κ1) is 9.79. The second kappa shape index (κ2) is 3.78. The highest BCUT2D eigenvalue weighted by atomic mass is 16.5. The molecule has 2 rings (SSSR count). The van der Waals surface area contributed by atoms with Gasteiger partial charge in [0.2, 0.25) is 5.88 Å². The van der Waals surface area contributed by atoms with Gasteiger partial charge >= 0.3 is 0 Å². The zero-order chi connectivity index (χ0) is 10.8. The largest absolute Gasteiger partial charge is 0.481 e. The van der Waals surface area contributed by atoms with E-state index in [1.165, 1.54) is 0 Å². The van der Waals surface area contributed by atoms with E-state index < -0.39 is 0 Å². The predicted octanol–water partition coefficient (Wildman–Crippen LogP) is 0.834. The Morgan fingerprint density at radius 3 is 2.87 bits per heavy atom. The number of aliphatic hydroxyl groups is 1. The SMILES string of the molecule is COc1cc2c(C)nc(CO)nc2cn1. The molecule has 0 saturated carbocycles. The van der Waals surface area contributed by atoms with Crippen LogP contribution < -0.4 is 4.74 Å². The van der Waals surface area contributed by atoms with Crippen molar-refractivity contribution in [2.24, 2.45) is 0 Å². The van der Waals surface area contributed by atoms with Crippen LogP contribution in [0.1, 0.15) is 11.5 Å². The van der Waals surface area contributed by atoms with Gasteiger partial charge in [-0.2, -0.15) is 0 Å². The molecule has 15 heavy (non-hydrogen) atoms. The number of hydrogen-bond acceptors (Lipinski definition) is 5. The lowest BCUT2D eigenvalue weighted by molar-refractivity contribution is 0.271. The summed E-state index contributed by atoms with van der Waals surface area (Å²) in [5.74, 6) is 0.943. The summed E-state index contributed by atoms with van der Waals surface area (Å²) in [5.41, 5.74) is 1.53. The summed E-state index contributed by atoms with van der Waals surface area (Å²) in [6.07, 6.45) is 1.61. The van der Waals surface area contributed by atoms with Crippen molar-refractivity contribution in [1.29, 1.82) is 0 Å². The standard InChI is InChI=1S/C10H11N3O2/c1-6-7-3-10(15-2)11-4-8(7)13-9(5-14)12-6/h3-4,14H,5H2,1-2H3. The number of fused-ring (bicyclic) bond motifs is 1. The zero-order valence-electron chi connectivity index (χ0n) is 8.56. The summed E-state index contributed by atoms with van der Waals surface area (Å²) in [7, 11) is 1.56. The van der Waals surface area contributed by atoms with Crippen LogP contribution in [0.4, 0.5) is 0 Å². The second-order valence-electron chi connectivity index (χ2n) is 3.13. The number of aromatic nitrogens is 3. The molecule has 2 heterocycles. The summed E-state index contributed by atoms with van der Waals surface area (Å²) in [4.78, 5) is 12.3. The molecule has 0 bridgehead atoms. The number of ether oxygens (including phenoxy) is 1. The molecule has 0 aliphatic heterocycles. The highest BCUT2D eigenvalue weighted by molar-refractivity contribution is 5.80. The Morgan fingerprint density at radius 2 is 2.20 bits per heavy atom. The minimum atomic E-state index is -0.164. The van der Waals surface area contributed by atoms with Crippen LogP contribution in [-0.4, -0.2) is 27.2 Å². The average Bonchev–Trinajstić information content (AvgIpc) is 2.28. The zero-order valence-corrected chi connectivity index (χ0v) is 8.56. The molecule has 2 aromatic rings. The van der Waals surface area contributed by atoms with E-state index in [4.69, 9.17) is 9.84 Å². The predicted molar refractivity (Wildman–Crippen MR) is 54.5 cm³/mol. The molecule has 0 unspecified atom stereocenters. The molecule has 0 amide bonds. The van der Waals surface area contributed by atoms with Gasteiger partial charge in [-0.1, -0.05) is 0 Å². The maximum absolute atomic E-state index is 8.95. The van der Waals surface area contributed by atoms with Crippen molar-refractivity contribution >= 4 is 10.9 Å². The molecule has 0 radical (unpaired) electrons. The monoisotopic (exact) mass is 205 g/mol. The number of rotatable bonds is 2. The van der Waals surface area contributed by atoms with Crippen molar-refractivity contribution in [1.82, 2.24) is 15.0 Å². The minimum Gasteiger partial charge on any atom is -0.481 e. The summed E-state index contributed by atoms with van der Waals surface area (Å²) < 4.78 is 5.02. The first-order chi connectivity index (χ1) is 7.24. The lowest BCUT2D eigenvalue weighted by Gasteiger charge is -2.04. The Hall–Kier alpha value is -1.75. The quantitative estimate of drug-likeness (QED) is 0.786. The average molecular weight is 205 g/mol. The highest BCUT2D eigenvalue weighted by Crippen LogP contribution is 2.18. The van der Waals surface area contributed by atoms with Crippen LogP contribution >= 0.6 is 0 Å². The van der Waals surface area contributed by atoms with Crippen LogP contribution in [0.5, 0.6) is 5.88 Å². The summed E-state index contributed by atoms with van der Waals surface area (Å²) in [6, 6.07) is 1.78. The molecular weight excluding hydrogens is 194 g/mol. The van der Waals surface area contributed by atoms with Gasteiger partial charge in [0.15, 0.2) is 5.82 Å². The molecule has 0 saturated heterocycles. The lowest BCUT2D eigenvalue weighted by atomic mass is 10.2. The topological polar surface area (TPSA) is 68.1 Å². The fraction of sp³-hybridized carbons (Fsp3) is 0.300. The molecule has 0 aliphatic rings. The van der Waals surface area contributed by atoms with E-state index in [0.717, 1.165) is 11.1 Å². The van der Waals surface area contributed by atoms with Crippen LogP contribution in [0.25, 0.3) is 10.9 Å². The second-order valence-corrected chi connectivity index (χ2v) is 3.13. The van der Waals surface area contributed by atoms with Crippen LogP contribution in [0, 0.1) is 6.92 Å². The van der Waals surface area contributed by atoms with Gasteiger partial charge in [0.05, 0.1) is 18.8 Å². The van der Waals surface area contributed by atoms with Gasteiger partial charge in [-0.05, 0) is 6.92 Å². The first-order valence-corrected chi connectivity index (χ1v) is 4.52. The van der Waals surface area contributed by atoms with Crippen LogP contribution in [0.15, 0.2) is 12.3 Å². The van der Waals surface area contributed by atoms with Gasteiger partial charge in [0.1, 0.15) is 6.61 Å². The lowest BCUT2D eigenvalue weighted by Crippen LogP contribution is -1.99. The molecule has 0 fully saturated rings. The molecule has 5 nitrogen and oxygen atoms in total. The molecule has 78 valence electrons. The Kier molecular flexibility index (Phi) is 2.47. The van der Waals surface area contributed by atoms with Crippen LogP contribution in [-0.2, 0) is 6.61 Å². The van der Waals surface area contributed by atoms with E-state index in [-0.39, 0.29) is 6.61 Å². The van der Waals surface area contributed by atoms with E-state index >= 15 is 0 Å². The van der Waals surface area contributed by atoms with Gasteiger partial charge in [-0.3, -0.25) is 0 Å². The van der Waals surface area contributed by atoms with Crippen molar-refractivity contribution in [2.75, 3.05) is 7.11 Å². The van der Waals surface area contributed by atoms with E-state index in [1.807, 2.05) is 6.92 Å². The number of nitrogens with zero attached hydrogens (tertiary/aromatic N) is 3. The van der Waals surface area contributed by atoms with E-state index in [9.17, 15) is 0 Å². The van der Waals surface area contributed by atoms with Gasteiger partial charge in [-0.15, -0.1) is 0 Å². The number of methoxy groups -OCH3 is 1. The number of aliphatic hydroxyl groups excluding tert-OH is 1. The van der Waals surface area contributed by atoms with Gasteiger partial charge < -0.3 is 9.84 Å². The molecular formula is C10H11N3O2. The smallest absolute Gasteiger partial charge is 0.213 e. The number of pyridine rings is 1. The summed E-state index contributed by atoms with van der Waals surface area (Å²) in [5, 5.41) is 9.84. The third kappa shape index (κ3) is 1.73. The maximum Gasteiger partial charge on any atom is 0.213 e. The molecule has 0 aliphatic carbocycles. The third-order valence-corrected chi connectivity index (χ3v) is 2.14. The van der Waals surface area contributed by atoms with E-state index in [1.54, 1.807) is 19.4 Å². The van der Waals surface area contributed by atoms with Crippen LogP contribution in [0.3, 0.4) is 0 Å². The summed E-state index contributed by atoms with van der Waals surface area (Å²) in [6.45, 7) is 1.70. The van der Waals surface area contributed by atoms with Crippen molar-refractivity contribution in [2.45, 2.75) is 13.5 Å². The van der Waals surface area contributed by atoms with E-state index in [2.05, 4.69) is 15.0 Å². The molecule has 5 heteroatoms. The van der Waals surface area contributed by atoms with Gasteiger partial charge in [0.25, 0.3) is 0 Å². The Balaban J connectivity index is 2.68. The van der Waals surface area contributed by atoms with Crippen molar-refractivity contribution in [3.8, 4) is 5.88 Å². The van der Waals surface area contributed by atoms with E-state index in [0.29, 0.717) is 17.2 Å². The Labute approximate surface area is 86.8 Å². The Bertz CT molecular complexity index is 499. The molecule has 0 aromatic carbocycles. The third-order valence-electron chi connectivity index (χ3n) is 2.14. The maximum atomic E-state index is 8.95. The first-order valence-electron chi connectivity index (χ1n) is 4.52. The number of aryl methyl sites for hydroxylation is 1. The minimum absolute atomic E-state index is 0.164. The fourth-order valence-electron chi connectivity index (χ4n) is 1.41.